The van der Waals surface area contributed by atoms with Gasteiger partial charge in [0.05, 0.1) is 12.0 Å². The lowest BCUT2D eigenvalue weighted by Crippen LogP contribution is -2.41. The maximum Gasteiger partial charge on any atom is 0.310 e. The third kappa shape index (κ3) is 4.00. The van der Waals surface area contributed by atoms with E-state index in [1.165, 1.54) is 4.90 Å². The lowest BCUT2D eigenvalue weighted by atomic mass is 9.76. The van der Waals surface area contributed by atoms with Crippen LogP contribution in [0.4, 0.5) is 0 Å². The van der Waals surface area contributed by atoms with Gasteiger partial charge in [-0.2, -0.15) is 0 Å². The van der Waals surface area contributed by atoms with Gasteiger partial charge in [-0.3, -0.25) is 9.59 Å². The number of carboxylic acid groups (broad SMARTS) is 1. The molecule has 0 aromatic carbocycles. The highest BCUT2D eigenvalue weighted by molar-refractivity contribution is 5.85. The molecule has 0 saturated carbocycles. The van der Waals surface area contributed by atoms with Crippen LogP contribution in [0.5, 0.6) is 0 Å². The SMILES string of the molecule is CCN(CCO)C(=O)CC(C)(C(=O)O)C(C)C. The quantitative estimate of drug-likeness (QED) is 0.700. The van der Waals surface area contributed by atoms with Crippen LogP contribution in [0.1, 0.15) is 34.1 Å². The van der Waals surface area contributed by atoms with Crippen LogP contribution in [0.15, 0.2) is 0 Å². The van der Waals surface area contributed by atoms with E-state index in [0.29, 0.717) is 6.54 Å². The molecule has 0 radical (unpaired) electrons. The second-order valence-corrected chi connectivity index (χ2v) is 4.75. The number of hydrogen-bond donors (Lipinski definition) is 2. The van der Waals surface area contributed by atoms with Crippen molar-refractivity contribution in [3.8, 4) is 0 Å². The third-order valence-corrected chi connectivity index (χ3v) is 3.39. The van der Waals surface area contributed by atoms with E-state index in [1.807, 2.05) is 0 Å². The van der Waals surface area contributed by atoms with Crippen LogP contribution in [0.2, 0.25) is 0 Å². The van der Waals surface area contributed by atoms with Gasteiger partial charge < -0.3 is 15.1 Å². The molecule has 0 aliphatic heterocycles. The molecule has 0 heterocycles. The van der Waals surface area contributed by atoms with Crippen molar-refractivity contribution >= 4 is 11.9 Å². The van der Waals surface area contributed by atoms with Crippen LogP contribution in [0.3, 0.4) is 0 Å². The summed E-state index contributed by atoms with van der Waals surface area (Å²) in [5, 5.41) is 18.0. The number of rotatable bonds is 7. The first-order valence-electron chi connectivity index (χ1n) is 5.91. The molecule has 0 saturated heterocycles. The maximum atomic E-state index is 11.9. The summed E-state index contributed by atoms with van der Waals surface area (Å²) in [5.41, 5.74) is -1.06. The fourth-order valence-electron chi connectivity index (χ4n) is 1.53. The largest absolute Gasteiger partial charge is 0.481 e. The molecule has 1 amide bonds. The van der Waals surface area contributed by atoms with E-state index in [4.69, 9.17) is 5.11 Å². The summed E-state index contributed by atoms with van der Waals surface area (Å²) in [6, 6.07) is 0. The van der Waals surface area contributed by atoms with Crippen molar-refractivity contribution in [3.05, 3.63) is 0 Å². The number of likely N-dealkylation sites (N-methyl/N-ethyl adjacent to an activating group) is 1. The smallest absolute Gasteiger partial charge is 0.310 e. The number of carbonyl (C=O) groups excluding carboxylic acids is 1. The van der Waals surface area contributed by atoms with Gasteiger partial charge in [-0.05, 0) is 19.8 Å². The molecule has 0 rings (SSSR count). The summed E-state index contributed by atoms with van der Waals surface area (Å²) in [6.45, 7) is 7.61. The van der Waals surface area contributed by atoms with Gasteiger partial charge in [0.15, 0.2) is 0 Å². The Bertz CT molecular complexity index is 278. The fourth-order valence-corrected chi connectivity index (χ4v) is 1.53. The molecule has 1 unspecified atom stereocenters. The van der Waals surface area contributed by atoms with E-state index in [-0.39, 0.29) is 31.4 Å². The minimum atomic E-state index is -1.06. The summed E-state index contributed by atoms with van der Waals surface area (Å²) in [4.78, 5) is 24.7. The normalized spacial score (nSPS) is 14.5. The van der Waals surface area contributed by atoms with Crippen molar-refractivity contribution in [2.75, 3.05) is 19.7 Å². The topological polar surface area (TPSA) is 77.8 Å². The minimum Gasteiger partial charge on any atom is -0.481 e. The molecule has 0 aromatic heterocycles. The molecule has 0 aliphatic carbocycles. The van der Waals surface area contributed by atoms with E-state index in [1.54, 1.807) is 27.7 Å². The zero-order valence-corrected chi connectivity index (χ0v) is 11.1. The molecule has 1 atom stereocenters. The minimum absolute atomic E-state index is 0.0339. The number of aliphatic hydroxyl groups is 1. The Morgan fingerprint density at radius 3 is 2.18 bits per heavy atom. The molecule has 0 fully saturated rings. The molecule has 0 bridgehead atoms. The molecular weight excluding hydrogens is 222 g/mol. The van der Waals surface area contributed by atoms with Gasteiger partial charge >= 0.3 is 5.97 Å². The molecular formula is C12H23NO4. The first-order chi connectivity index (χ1) is 7.79. The molecule has 0 aliphatic rings. The summed E-state index contributed by atoms with van der Waals surface area (Å²) >= 11 is 0. The Kier molecular flexibility index (Phi) is 6.16. The number of carbonyl (C=O) groups is 2. The van der Waals surface area contributed by atoms with Crippen LogP contribution in [-0.2, 0) is 9.59 Å². The van der Waals surface area contributed by atoms with Crippen molar-refractivity contribution in [2.45, 2.75) is 34.1 Å². The van der Waals surface area contributed by atoms with Crippen molar-refractivity contribution in [1.82, 2.24) is 4.90 Å². The van der Waals surface area contributed by atoms with Crippen LogP contribution < -0.4 is 0 Å². The molecule has 5 heteroatoms. The van der Waals surface area contributed by atoms with E-state index < -0.39 is 11.4 Å². The zero-order chi connectivity index (χ0) is 13.6. The van der Waals surface area contributed by atoms with Gasteiger partial charge in [0, 0.05) is 19.5 Å². The van der Waals surface area contributed by atoms with Gasteiger partial charge in [0.1, 0.15) is 0 Å². The third-order valence-electron chi connectivity index (χ3n) is 3.39. The highest BCUT2D eigenvalue weighted by Crippen LogP contribution is 2.32. The zero-order valence-electron chi connectivity index (χ0n) is 11.1. The number of aliphatic carboxylic acids is 1. The Morgan fingerprint density at radius 2 is 1.88 bits per heavy atom. The van der Waals surface area contributed by atoms with E-state index in [0.717, 1.165) is 0 Å². The average molecular weight is 245 g/mol. The summed E-state index contributed by atoms with van der Waals surface area (Å²) in [5.74, 6) is -1.31. The second kappa shape index (κ2) is 6.59. The van der Waals surface area contributed by atoms with Gasteiger partial charge in [-0.15, -0.1) is 0 Å². The maximum absolute atomic E-state index is 11.9. The Balaban J connectivity index is 4.78. The van der Waals surface area contributed by atoms with Crippen molar-refractivity contribution in [1.29, 1.82) is 0 Å². The van der Waals surface area contributed by atoms with Crippen molar-refractivity contribution < 1.29 is 19.8 Å². The average Bonchev–Trinajstić information content (AvgIpc) is 2.24. The van der Waals surface area contributed by atoms with Crippen LogP contribution in [-0.4, -0.2) is 46.7 Å². The Morgan fingerprint density at radius 1 is 1.35 bits per heavy atom. The Hall–Kier alpha value is -1.10. The first kappa shape index (κ1) is 15.9. The molecule has 5 nitrogen and oxygen atoms in total. The number of nitrogens with zero attached hydrogens (tertiary/aromatic N) is 1. The van der Waals surface area contributed by atoms with Gasteiger partial charge in [-0.1, -0.05) is 13.8 Å². The highest BCUT2D eigenvalue weighted by Gasteiger charge is 2.39. The van der Waals surface area contributed by atoms with E-state index in [2.05, 4.69) is 0 Å². The van der Waals surface area contributed by atoms with Crippen molar-refractivity contribution in [2.24, 2.45) is 11.3 Å². The summed E-state index contributed by atoms with van der Waals surface area (Å²) < 4.78 is 0. The predicted molar refractivity (Wildman–Crippen MR) is 64.5 cm³/mol. The van der Waals surface area contributed by atoms with Gasteiger partial charge in [-0.25, -0.2) is 0 Å². The molecule has 0 spiro atoms. The first-order valence-corrected chi connectivity index (χ1v) is 5.91. The fraction of sp³-hybridized carbons (Fsp3) is 0.833. The number of amides is 1. The van der Waals surface area contributed by atoms with Crippen molar-refractivity contribution in [3.63, 3.8) is 0 Å². The second-order valence-electron chi connectivity index (χ2n) is 4.75. The van der Waals surface area contributed by atoms with Crippen LogP contribution >= 0.6 is 0 Å². The summed E-state index contributed by atoms with van der Waals surface area (Å²) in [7, 11) is 0. The van der Waals surface area contributed by atoms with Gasteiger partial charge in [0.2, 0.25) is 5.91 Å². The van der Waals surface area contributed by atoms with E-state index >= 15 is 0 Å². The number of carboxylic acids is 1. The predicted octanol–water partition coefficient (Wildman–Crippen LogP) is 0.964. The molecule has 2 N–H and O–H groups in total. The lowest BCUT2D eigenvalue weighted by Gasteiger charge is -2.31. The van der Waals surface area contributed by atoms with Crippen LogP contribution in [0, 0.1) is 11.3 Å². The summed E-state index contributed by atoms with van der Waals surface area (Å²) in [6.07, 6.45) is -0.0339. The standard InChI is InChI=1S/C12H23NO4/c1-5-13(6-7-14)10(15)8-12(4,9(2)3)11(16)17/h9,14H,5-8H2,1-4H3,(H,16,17). The van der Waals surface area contributed by atoms with Gasteiger partial charge in [0.25, 0.3) is 0 Å². The lowest BCUT2D eigenvalue weighted by molar-refractivity contribution is -0.155. The molecule has 0 aromatic rings. The number of hydrogen-bond acceptors (Lipinski definition) is 3. The van der Waals surface area contributed by atoms with Crippen LogP contribution in [0.25, 0.3) is 0 Å². The monoisotopic (exact) mass is 245 g/mol. The molecule has 100 valence electrons. The molecule has 17 heavy (non-hydrogen) atoms. The number of aliphatic hydroxyl groups excluding tert-OH is 1. The van der Waals surface area contributed by atoms with E-state index in [9.17, 15) is 14.7 Å². The Labute approximate surface area is 102 Å². The highest BCUT2D eigenvalue weighted by atomic mass is 16.4.